The van der Waals surface area contributed by atoms with Crippen LogP contribution in [0.5, 0.6) is 0 Å². The molecule has 116 valence electrons. The van der Waals surface area contributed by atoms with Gasteiger partial charge in [-0.3, -0.25) is 9.59 Å². The van der Waals surface area contributed by atoms with Crippen LogP contribution < -0.4 is 10.6 Å². The van der Waals surface area contributed by atoms with Gasteiger partial charge in [0.15, 0.2) is 0 Å². The molecule has 0 unspecified atom stereocenters. The lowest BCUT2D eigenvalue weighted by Crippen LogP contribution is -2.28. The lowest BCUT2D eigenvalue weighted by Gasteiger charge is -2.14. The van der Waals surface area contributed by atoms with E-state index in [-0.39, 0.29) is 17.4 Å². The van der Waals surface area contributed by atoms with Crippen molar-refractivity contribution in [1.29, 1.82) is 5.26 Å². The van der Waals surface area contributed by atoms with Crippen molar-refractivity contribution in [1.82, 2.24) is 15.5 Å². The number of carbonyl (C=O) groups excluding carboxylic acids is 2. The number of nitrogens with zero attached hydrogens (tertiary/aromatic N) is 2. The Hall–Kier alpha value is -2.03. The first-order chi connectivity index (χ1) is 10.2. The summed E-state index contributed by atoms with van der Waals surface area (Å²) in [7, 11) is 0. The summed E-state index contributed by atoms with van der Waals surface area (Å²) in [6.45, 7) is 4.84. The molecule has 1 rings (SSSR count). The van der Waals surface area contributed by atoms with Crippen LogP contribution in [0.1, 0.15) is 39.0 Å². The lowest BCUT2D eigenvalue weighted by molar-refractivity contribution is -0.127. The summed E-state index contributed by atoms with van der Waals surface area (Å²) in [4.78, 5) is 24.9. The molecule has 0 aromatic heterocycles. The maximum atomic E-state index is 11.7. The predicted molar refractivity (Wildman–Crippen MR) is 80.0 cm³/mol. The third-order valence-electron chi connectivity index (χ3n) is 3.35. The molecule has 6 nitrogen and oxygen atoms in total. The zero-order valence-corrected chi connectivity index (χ0v) is 12.7. The van der Waals surface area contributed by atoms with Crippen molar-refractivity contribution >= 4 is 11.8 Å². The molecule has 0 radical (unpaired) electrons. The van der Waals surface area contributed by atoms with Gasteiger partial charge in [-0.1, -0.05) is 13.3 Å². The molecule has 1 aliphatic heterocycles. The van der Waals surface area contributed by atoms with Crippen LogP contribution in [0.4, 0.5) is 0 Å². The van der Waals surface area contributed by atoms with E-state index in [1.165, 1.54) is 6.20 Å². The first-order valence-corrected chi connectivity index (χ1v) is 7.58. The molecule has 1 saturated heterocycles. The van der Waals surface area contributed by atoms with Crippen molar-refractivity contribution in [3.05, 3.63) is 11.8 Å². The molecule has 1 heterocycles. The second kappa shape index (κ2) is 9.81. The molecule has 0 bridgehead atoms. The third-order valence-corrected chi connectivity index (χ3v) is 3.35. The average molecular weight is 292 g/mol. The Labute approximate surface area is 126 Å². The first kappa shape index (κ1) is 17.0. The van der Waals surface area contributed by atoms with E-state index >= 15 is 0 Å². The first-order valence-electron chi connectivity index (χ1n) is 7.58. The number of hydrogen-bond donors (Lipinski definition) is 2. The molecule has 0 saturated carbocycles. The minimum Gasteiger partial charge on any atom is -0.390 e. The van der Waals surface area contributed by atoms with E-state index in [0.717, 1.165) is 38.8 Å². The van der Waals surface area contributed by atoms with Crippen LogP contribution in [0.15, 0.2) is 11.8 Å². The van der Waals surface area contributed by atoms with Crippen LogP contribution in [0, 0.1) is 11.3 Å². The number of unbranched alkanes of at least 4 members (excludes halogenated alkanes) is 1. The van der Waals surface area contributed by atoms with E-state index in [0.29, 0.717) is 19.5 Å². The fourth-order valence-corrected chi connectivity index (χ4v) is 2.11. The van der Waals surface area contributed by atoms with Crippen LogP contribution in [-0.2, 0) is 9.59 Å². The highest BCUT2D eigenvalue weighted by molar-refractivity contribution is 5.97. The third kappa shape index (κ3) is 6.30. The van der Waals surface area contributed by atoms with Crippen molar-refractivity contribution in [3.8, 4) is 6.07 Å². The largest absolute Gasteiger partial charge is 0.390 e. The number of rotatable bonds is 9. The van der Waals surface area contributed by atoms with E-state index in [1.807, 2.05) is 17.9 Å². The van der Waals surface area contributed by atoms with Gasteiger partial charge in [-0.2, -0.15) is 5.26 Å². The van der Waals surface area contributed by atoms with Crippen LogP contribution in [-0.4, -0.2) is 42.9 Å². The minimum absolute atomic E-state index is 0.0864. The summed E-state index contributed by atoms with van der Waals surface area (Å²) in [5.41, 5.74) is 0.0864. The van der Waals surface area contributed by atoms with E-state index in [9.17, 15) is 9.59 Å². The number of nitriles is 1. The van der Waals surface area contributed by atoms with Crippen molar-refractivity contribution in [2.24, 2.45) is 0 Å². The van der Waals surface area contributed by atoms with Gasteiger partial charge in [0.05, 0.1) is 0 Å². The zero-order chi connectivity index (χ0) is 15.5. The van der Waals surface area contributed by atoms with Gasteiger partial charge < -0.3 is 15.5 Å². The minimum atomic E-state index is -0.340. The van der Waals surface area contributed by atoms with Gasteiger partial charge in [-0.05, 0) is 19.3 Å². The molecule has 6 heteroatoms. The molecule has 1 fully saturated rings. The van der Waals surface area contributed by atoms with Crippen molar-refractivity contribution in [3.63, 3.8) is 0 Å². The Morgan fingerprint density at radius 1 is 1.43 bits per heavy atom. The van der Waals surface area contributed by atoms with Crippen molar-refractivity contribution in [2.45, 2.75) is 39.0 Å². The van der Waals surface area contributed by atoms with Crippen LogP contribution in [0.3, 0.4) is 0 Å². The molecule has 0 aromatic carbocycles. The van der Waals surface area contributed by atoms with Gasteiger partial charge in [-0.25, -0.2) is 0 Å². The Morgan fingerprint density at radius 3 is 2.86 bits per heavy atom. The molecular formula is C15H24N4O2. The monoisotopic (exact) mass is 292 g/mol. The molecule has 2 N–H and O–H groups in total. The molecule has 0 spiro atoms. The maximum Gasteiger partial charge on any atom is 0.263 e. The molecule has 0 aromatic rings. The number of amides is 2. The van der Waals surface area contributed by atoms with Gasteiger partial charge in [0.25, 0.3) is 5.91 Å². The van der Waals surface area contributed by atoms with Crippen LogP contribution in [0.25, 0.3) is 0 Å². The Balaban J connectivity index is 2.21. The van der Waals surface area contributed by atoms with Gasteiger partial charge in [0, 0.05) is 38.8 Å². The molecular weight excluding hydrogens is 268 g/mol. The molecule has 1 aliphatic rings. The number of likely N-dealkylation sites (tertiary alicyclic amines) is 1. The highest BCUT2D eigenvalue weighted by Crippen LogP contribution is 2.09. The topological polar surface area (TPSA) is 85.2 Å². The van der Waals surface area contributed by atoms with Crippen molar-refractivity contribution in [2.75, 3.05) is 26.2 Å². The van der Waals surface area contributed by atoms with Gasteiger partial charge in [0.1, 0.15) is 11.6 Å². The summed E-state index contributed by atoms with van der Waals surface area (Å²) in [6, 6.07) is 1.89. The fourth-order valence-electron chi connectivity index (χ4n) is 2.11. The quantitative estimate of drug-likeness (QED) is 0.376. The van der Waals surface area contributed by atoms with E-state index in [1.54, 1.807) is 0 Å². The van der Waals surface area contributed by atoms with E-state index < -0.39 is 0 Å². The van der Waals surface area contributed by atoms with Crippen LogP contribution >= 0.6 is 0 Å². The molecule has 2 amide bonds. The summed E-state index contributed by atoms with van der Waals surface area (Å²) >= 11 is 0. The number of hydrogen-bond acceptors (Lipinski definition) is 4. The Kier molecular flexibility index (Phi) is 7.95. The standard InChI is InChI=1S/C15H24N4O2/c1-2-3-8-18-15(21)13(11-16)12-17-7-5-10-19-9-4-6-14(19)20/h12,17H,2-10H2,1H3,(H,18,21)/b13-12-. The number of carbonyl (C=O) groups is 2. The zero-order valence-electron chi connectivity index (χ0n) is 12.7. The SMILES string of the molecule is CCCCNC(=O)/C(C#N)=C\NCCCN1CCCC1=O. The average Bonchev–Trinajstić information content (AvgIpc) is 2.88. The summed E-state index contributed by atoms with van der Waals surface area (Å²) in [6.07, 6.45) is 5.76. The Bertz CT molecular complexity index is 426. The normalized spacial score (nSPS) is 15.0. The summed E-state index contributed by atoms with van der Waals surface area (Å²) in [5, 5.41) is 14.6. The second-order valence-corrected chi connectivity index (χ2v) is 5.07. The van der Waals surface area contributed by atoms with Gasteiger partial charge in [-0.15, -0.1) is 0 Å². The molecule has 0 atom stereocenters. The lowest BCUT2D eigenvalue weighted by atomic mass is 10.2. The van der Waals surface area contributed by atoms with Gasteiger partial charge in [0.2, 0.25) is 5.91 Å². The van der Waals surface area contributed by atoms with Crippen molar-refractivity contribution < 1.29 is 9.59 Å². The summed E-state index contributed by atoms with van der Waals surface area (Å²) < 4.78 is 0. The van der Waals surface area contributed by atoms with E-state index in [4.69, 9.17) is 5.26 Å². The summed E-state index contributed by atoms with van der Waals surface area (Å²) in [5.74, 6) is -0.119. The maximum absolute atomic E-state index is 11.7. The van der Waals surface area contributed by atoms with Crippen LogP contribution in [0.2, 0.25) is 0 Å². The molecule has 21 heavy (non-hydrogen) atoms. The predicted octanol–water partition coefficient (Wildman–Crippen LogP) is 0.912. The molecule has 0 aliphatic carbocycles. The Morgan fingerprint density at radius 2 is 2.24 bits per heavy atom. The smallest absolute Gasteiger partial charge is 0.263 e. The van der Waals surface area contributed by atoms with E-state index in [2.05, 4.69) is 10.6 Å². The second-order valence-electron chi connectivity index (χ2n) is 5.07. The number of nitrogens with one attached hydrogen (secondary N) is 2. The highest BCUT2D eigenvalue weighted by Gasteiger charge is 2.18. The highest BCUT2D eigenvalue weighted by atomic mass is 16.2. The van der Waals surface area contributed by atoms with Gasteiger partial charge >= 0.3 is 0 Å². The fraction of sp³-hybridized carbons (Fsp3) is 0.667.